The predicted molar refractivity (Wildman–Crippen MR) is 87.1 cm³/mol. The molecule has 2 aromatic rings. The first kappa shape index (κ1) is 15.4. The van der Waals surface area contributed by atoms with E-state index >= 15 is 0 Å². The molecule has 0 aliphatic carbocycles. The Morgan fingerprint density at radius 1 is 1.18 bits per heavy atom. The monoisotopic (exact) mass is 316 g/mol. The SMILES string of the molecule is NC(=S)NN=Cc1ccc(Oc2ccc([N+](=O)[O-])cc2)cc1. The smallest absolute Gasteiger partial charge is 0.269 e. The fourth-order valence-corrected chi connectivity index (χ4v) is 1.62. The highest BCUT2D eigenvalue weighted by Crippen LogP contribution is 2.23. The van der Waals surface area contributed by atoms with Crippen molar-refractivity contribution in [2.45, 2.75) is 0 Å². The molecular formula is C14H12N4O3S. The van der Waals surface area contributed by atoms with Crippen molar-refractivity contribution in [3.8, 4) is 11.5 Å². The molecule has 0 fully saturated rings. The van der Waals surface area contributed by atoms with Crippen LogP contribution < -0.4 is 15.9 Å². The molecule has 0 heterocycles. The van der Waals surface area contributed by atoms with Gasteiger partial charge in [0.05, 0.1) is 11.1 Å². The van der Waals surface area contributed by atoms with Gasteiger partial charge in [-0.2, -0.15) is 5.10 Å². The summed E-state index contributed by atoms with van der Waals surface area (Å²) in [6.45, 7) is 0. The molecule has 0 unspecified atom stereocenters. The van der Waals surface area contributed by atoms with Crippen LogP contribution in [0.15, 0.2) is 53.6 Å². The summed E-state index contributed by atoms with van der Waals surface area (Å²) >= 11 is 4.62. The van der Waals surface area contributed by atoms with Gasteiger partial charge in [-0.3, -0.25) is 15.5 Å². The molecule has 0 spiro atoms. The van der Waals surface area contributed by atoms with Gasteiger partial charge in [0.25, 0.3) is 5.69 Å². The first-order valence-electron chi connectivity index (χ1n) is 6.15. The van der Waals surface area contributed by atoms with Crippen molar-refractivity contribution >= 4 is 29.2 Å². The van der Waals surface area contributed by atoms with Crippen molar-refractivity contribution in [2.24, 2.45) is 10.8 Å². The molecule has 0 saturated heterocycles. The number of nitrogens with zero attached hydrogens (tertiary/aromatic N) is 2. The summed E-state index contributed by atoms with van der Waals surface area (Å²) in [6.07, 6.45) is 1.56. The van der Waals surface area contributed by atoms with Gasteiger partial charge in [0.2, 0.25) is 0 Å². The average Bonchev–Trinajstić information content (AvgIpc) is 2.49. The third-order valence-electron chi connectivity index (χ3n) is 2.55. The van der Waals surface area contributed by atoms with E-state index in [1.165, 1.54) is 12.1 Å². The molecule has 0 aromatic heterocycles. The highest BCUT2D eigenvalue weighted by Gasteiger charge is 2.04. The Balaban J connectivity index is 2.00. The normalized spacial score (nSPS) is 10.4. The third kappa shape index (κ3) is 4.53. The zero-order chi connectivity index (χ0) is 15.9. The second-order valence-electron chi connectivity index (χ2n) is 4.16. The van der Waals surface area contributed by atoms with Gasteiger partial charge in [0.15, 0.2) is 5.11 Å². The molecule has 0 aliphatic rings. The largest absolute Gasteiger partial charge is 0.457 e. The molecule has 2 rings (SSSR count). The van der Waals surface area contributed by atoms with Crippen LogP contribution in [0.1, 0.15) is 5.56 Å². The van der Waals surface area contributed by atoms with Crippen molar-refractivity contribution in [2.75, 3.05) is 0 Å². The van der Waals surface area contributed by atoms with Crippen LogP contribution in [0.25, 0.3) is 0 Å². The van der Waals surface area contributed by atoms with Gasteiger partial charge in [-0.05, 0) is 54.2 Å². The van der Waals surface area contributed by atoms with Crippen molar-refractivity contribution in [3.63, 3.8) is 0 Å². The number of thiocarbonyl (C=S) groups is 1. The first-order valence-corrected chi connectivity index (χ1v) is 6.56. The predicted octanol–water partition coefficient (Wildman–Crippen LogP) is 2.55. The van der Waals surface area contributed by atoms with Crippen molar-refractivity contribution < 1.29 is 9.66 Å². The number of hydrogen-bond donors (Lipinski definition) is 2. The van der Waals surface area contributed by atoms with E-state index in [0.717, 1.165) is 5.56 Å². The maximum Gasteiger partial charge on any atom is 0.269 e. The molecule has 2 aromatic carbocycles. The number of nitro groups is 1. The number of hydrogen-bond acceptors (Lipinski definition) is 5. The Hall–Kier alpha value is -3.00. The minimum atomic E-state index is -0.459. The fraction of sp³-hybridized carbons (Fsp3) is 0. The highest BCUT2D eigenvalue weighted by atomic mass is 32.1. The number of ether oxygens (including phenoxy) is 1. The summed E-state index contributed by atoms with van der Waals surface area (Å²) in [7, 11) is 0. The van der Waals surface area contributed by atoms with Gasteiger partial charge in [0, 0.05) is 12.1 Å². The number of rotatable bonds is 5. The van der Waals surface area contributed by atoms with E-state index in [4.69, 9.17) is 10.5 Å². The summed E-state index contributed by atoms with van der Waals surface area (Å²) in [5.41, 5.74) is 8.55. The van der Waals surface area contributed by atoms with Crippen molar-refractivity contribution in [1.29, 1.82) is 0 Å². The van der Waals surface area contributed by atoms with Crippen LogP contribution >= 0.6 is 12.2 Å². The van der Waals surface area contributed by atoms with Gasteiger partial charge >= 0.3 is 0 Å². The van der Waals surface area contributed by atoms with E-state index in [9.17, 15) is 10.1 Å². The number of nitro benzene ring substituents is 1. The Kier molecular flexibility index (Phi) is 4.99. The zero-order valence-corrected chi connectivity index (χ0v) is 12.1. The molecule has 0 amide bonds. The second kappa shape index (κ2) is 7.14. The first-order chi connectivity index (χ1) is 10.5. The van der Waals surface area contributed by atoms with E-state index in [2.05, 4.69) is 22.7 Å². The maximum atomic E-state index is 10.6. The lowest BCUT2D eigenvalue weighted by molar-refractivity contribution is -0.384. The zero-order valence-electron chi connectivity index (χ0n) is 11.3. The molecule has 0 atom stereocenters. The molecule has 112 valence electrons. The van der Waals surface area contributed by atoms with Gasteiger partial charge in [-0.15, -0.1) is 0 Å². The molecule has 0 aliphatic heterocycles. The minimum Gasteiger partial charge on any atom is -0.457 e. The Bertz CT molecular complexity index is 699. The van der Waals surface area contributed by atoms with Gasteiger partial charge in [0.1, 0.15) is 11.5 Å². The van der Waals surface area contributed by atoms with Crippen LogP contribution in [0.3, 0.4) is 0 Å². The third-order valence-corrected chi connectivity index (χ3v) is 2.64. The quantitative estimate of drug-likeness (QED) is 0.380. The van der Waals surface area contributed by atoms with Crippen LogP contribution in [-0.2, 0) is 0 Å². The molecule has 22 heavy (non-hydrogen) atoms. The molecule has 8 heteroatoms. The van der Waals surface area contributed by atoms with E-state index in [1.807, 2.05) is 0 Å². The maximum absolute atomic E-state index is 10.6. The summed E-state index contributed by atoms with van der Waals surface area (Å²) in [5.74, 6) is 1.12. The lowest BCUT2D eigenvalue weighted by atomic mass is 10.2. The summed E-state index contributed by atoms with van der Waals surface area (Å²) in [5, 5.41) is 14.5. The number of non-ortho nitro benzene ring substituents is 1. The number of nitrogens with one attached hydrogen (secondary N) is 1. The minimum absolute atomic E-state index is 0.0178. The Labute approximate surface area is 131 Å². The lowest BCUT2D eigenvalue weighted by Crippen LogP contribution is -2.23. The van der Waals surface area contributed by atoms with Crippen molar-refractivity contribution in [3.05, 3.63) is 64.2 Å². The van der Waals surface area contributed by atoms with Crippen LogP contribution in [0.5, 0.6) is 11.5 Å². The molecule has 0 radical (unpaired) electrons. The Morgan fingerprint density at radius 3 is 2.23 bits per heavy atom. The summed E-state index contributed by atoms with van der Waals surface area (Å²) in [4.78, 5) is 10.1. The topological polar surface area (TPSA) is 103 Å². The molecule has 0 bridgehead atoms. The van der Waals surface area contributed by atoms with E-state index < -0.39 is 4.92 Å². The number of nitrogens with two attached hydrogens (primary N) is 1. The molecule has 0 saturated carbocycles. The number of hydrazone groups is 1. The van der Waals surface area contributed by atoms with Gasteiger partial charge < -0.3 is 10.5 Å². The van der Waals surface area contributed by atoms with E-state index in [-0.39, 0.29) is 10.8 Å². The molecule has 3 N–H and O–H groups in total. The van der Waals surface area contributed by atoms with E-state index in [0.29, 0.717) is 11.5 Å². The molecular weight excluding hydrogens is 304 g/mol. The Morgan fingerprint density at radius 2 is 1.73 bits per heavy atom. The van der Waals surface area contributed by atoms with Gasteiger partial charge in [-0.25, -0.2) is 0 Å². The van der Waals surface area contributed by atoms with Gasteiger partial charge in [-0.1, -0.05) is 0 Å². The van der Waals surface area contributed by atoms with Crippen LogP contribution in [-0.4, -0.2) is 16.3 Å². The summed E-state index contributed by atoms with van der Waals surface area (Å²) < 4.78 is 5.59. The lowest BCUT2D eigenvalue weighted by Gasteiger charge is -2.05. The van der Waals surface area contributed by atoms with Crippen LogP contribution in [0.4, 0.5) is 5.69 Å². The molecule has 7 nitrogen and oxygen atoms in total. The van der Waals surface area contributed by atoms with Crippen LogP contribution in [0, 0.1) is 10.1 Å². The average molecular weight is 316 g/mol. The van der Waals surface area contributed by atoms with Crippen LogP contribution in [0.2, 0.25) is 0 Å². The van der Waals surface area contributed by atoms with E-state index in [1.54, 1.807) is 42.6 Å². The highest BCUT2D eigenvalue weighted by molar-refractivity contribution is 7.80. The fourth-order valence-electron chi connectivity index (χ4n) is 1.56. The number of benzene rings is 2. The standard InChI is InChI=1S/C14H12N4O3S/c15-14(22)17-16-9-10-1-5-12(6-2-10)21-13-7-3-11(4-8-13)18(19)20/h1-9H,(H3,15,17,22). The summed E-state index contributed by atoms with van der Waals surface area (Å²) in [6, 6.07) is 13.0. The second-order valence-corrected chi connectivity index (χ2v) is 4.60. The van der Waals surface area contributed by atoms with Crippen molar-refractivity contribution in [1.82, 2.24) is 5.43 Å².